The minimum Gasteiger partial charge on any atom is -0.508 e. The average Bonchev–Trinajstić information content (AvgIpc) is 2.42. The summed E-state index contributed by atoms with van der Waals surface area (Å²) in [4.78, 5) is -0.195. The van der Waals surface area contributed by atoms with Crippen molar-refractivity contribution in [2.24, 2.45) is 0 Å². The first-order chi connectivity index (χ1) is 9.86. The number of phenols is 1. The first-order valence-electron chi connectivity index (χ1n) is 6.23. The molecule has 5 nitrogen and oxygen atoms in total. The predicted molar refractivity (Wildman–Crippen MR) is 79.1 cm³/mol. The van der Waals surface area contributed by atoms with Crippen molar-refractivity contribution in [1.82, 2.24) is 0 Å². The van der Waals surface area contributed by atoms with Crippen molar-refractivity contribution in [2.45, 2.75) is 11.8 Å². The molecule has 21 heavy (non-hydrogen) atoms. The fourth-order valence-corrected chi connectivity index (χ4v) is 3.41. The van der Waals surface area contributed by atoms with Crippen LogP contribution in [0.4, 0.5) is 15.8 Å². The number of hydrogen-bond donors (Lipinski definition) is 2. The Kier molecular flexibility index (Phi) is 4.04. The van der Waals surface area contributed by atoms with Crippen molar-refractivity contribution in [3.8, 4) is 5.75 Å². The summed E-state index contributed by atoms with van der Waals surface area (Å²) in [7, 11) is -3.93. The molecule has 0 bridgehead atoms. The quantitative estimate of drug-likeness (QED) is 0.849. The van der Waals surface area contributed by atoms with Gasteiger partial charge < -0.3 is 10.8 Å². The molecule has 0 radical (unpaired) electrons. The minimum atomic E-state index is -3.93. The number of phenolic OH excluding ortho intramolecular Hbond substituents is 1. The number of sulfonamides is 1. The fraction of sp³-hybridized carbons (Fsp3) is 0.143. The second kappa shape index (κ2) is 5.61. The summed E-state index contributed by atoms with van der Waals surface area (Å²) >= 11 is 0. The van der Waals surface area contributed by atoms with Crippen molar-refractivity contribution in [3.05, 3.63) is 48.3 Å². The lowest BCUT2D eigenvalue weighted by Gasteiger charge is -2.23. The lowest BCUT2D eigenvalue weighted by atomic mass is 10.3. The molecule has 112 valence electrons. The lowest BCUT2D eigenvalue weighted by molar-refractivity contribution is 0.475. The summed E-state index contributed by atoms with van der Waals surface area (Å²) in [5.41, 5.74) is 5.54. The van der Waals surface area contributed by atoms with Crippen LogP contribution in [0.15, 0.2) is 47.4 Å². The summed E-state index contributed by atoms with van der Waals surface area (Å²) in [6.45, 7) is 1.78. The van der Waals surface area contributed by atoms with Gasteiger partial charge in [-0.25, -0.2) is 12.8 Å². The number of aromatic hydroxyl groups is 1. The summed E-state index contributed by atoms with van der Waals surface area (Å²) in [5.74, 6) is -0.840. The van der Waals surface area contributed by atoms with Gasteiger partial charge in [-0.1, -0.05) is 6.07 Å². The number of benzene rings is 2. The van der Waals surface area contributed by atoms with Crippen molar-refractivity contribution in [2.75, 3.05) is 16.6 Å². The summed E-state index contributed by atoms with van der Waals surface area (Å²) < 4.78 is 39.7. The van der Waals surface area contributed by atoms with Crippen molar-refractivity contribution >= 4 is 21.4 Å². The zero-order valence-electron chi connectivity index (χ0n) is 11.3. The number of anilines is 2. The maximum absolute atomic E-state index is 13.5. The Morgan fingerprint density at radius 3 is 2.52 bits per heavy atom. The Balaban J connectivity index is 2.51. The van der Waals surface area contributed by atoms with Gasteiger partial charge in [-0.05, 0) is 37.3 Å². The van der Waals surface area contributed by atoms with Crippen LogP contribution in [0.3, 0.4) is 0 Å². The molecule has 0 unspecified atom stereocenters. The molecule has 0 aromatic heterocycles. The number of halogens is 1. The third kappa shape index (κ3) is 2.92. The molecule has 0 atom stereocenters. The van der Waals surface area contributed by atoms with Crippen LogP contribution in [0.5, 0.6) is 5.75 Å². The van der Waals surface area contributed by atoms with Gasteiger partial charge in [0, 0.05) is 12.6 Å². The highest BCUT2D eigenvalue weighted by molar-refractivity contribution is 7.92. The van der Waals surface area contributed by atoms with E-state index in [1.807, 2.05) is 0 Å². The standard InChI is InChI=1S/C14H15FN2O3S/c1-2-17(10-4-3-5-11(18)8-10)21(19,20)12-6-7-14(16)13(15)9-12/h3-9,18H,2,16H2,1H3. The third-order valence-corrected chi connectivity index (χ3v) is 4.86. The van der Waals surface area contributed by atoms with Crippen LogP contribution in [-0.2, 0) is 10.0 Å². The molecule has 2 aromatic rings. The molecular weight excluding hydrogens is 295 g/mol. The van der Waals surface area contributed by atoms with E-state index >= 15 is 0 Å². The molecule has 0 aliphatic carbocycles. The van der Waals surface area contributed by atoms with E-state index in [-0.39, 0.29) is 22.9 Å². The van der Waals surface area contributed by atoms with E-state index in [2.05, 4.69) is 0 Å². The van der Waals surface area contributed by atoms with Crippen LogP contribution >= 0.6 is 0 Å². The van der Waals surface area contributed by atoms with E-state index in [0.717, 1.165) is 10.4 Å². The largest absolute Gasteiger partial charge is 0.508 e. The van der Waals surface area contributed by atoms with E-state index in [4.69, 9.17) is 5.73 Å². The van der Waals surface area contributed by atoms with E-state index < -0.39 is 15.8 Å². The Bertz CT molecular complexity index is 763. The van der Waals surface area contributed by atoms with Gasteiger partial charge in [-0.3, -0.25) is 4.31 Å². The molecule has 2 rings (SSSR count). The Labute approximate surface area is 122 Å². The fourth-order valence-electron chi connectivity index (χ4n) is 1.94. The Morgan fingerprint density at radius 1 is 1.24 bits per heavy atom. The monoisotopic (exact) mass is 310 g/mol. The van der Waals surface area contributed by atoms with E-state index in [0.29, 0.717) is 5.69 Å². The van der Waals surface area contributed by atoms with Gasteiger partial charge in [0.1, 0.15) is 11.6 Å². The van der Waals surface area contributed by atoms with Gasteiger partial charge in [-0.2, -0.15) is 0 Å². The van der Waals surface area contributed by atoms with E-state index in [1.54, 1.807) is 13.0 Å². The number of hydrogen-bond acceptors (Lipinski definition) is 4. The van der Waals surface area contributed by atoms with Gasteiger partial charge in [0.05, 0.1) is 16.3 Å². The molecule has 0 fully saturated rings. The molecule has 3 N–H and O–H groups in total. The van der Waals surface area contributed by atoms with Gasteiger partial charge >= 0.3 is 0 Å². The highest BCUT2D eigenvalue weighted by atomic mass is 32.2. The SMILES string of the molecule is CCN(c1cccc(O)c1)S(=O)(=O)c1ccc(N)c(F)c1. The number of nitrogen functional groups attached to an aromatic ring is 1. The molecule has 0 heterocycles. The third-order valence-electron chi connectivity index (χ3n) is 2.96. The number of nitrogens with zero attached hydrogens (tertiary/aromatic N) is 1. The van der Waals surface area contributed by atoms with Crippen molar-refractivity contribution in [3.63, 3.8) is 0 Å². The molecule has 0 saturated heterocycles. The smallest absolute Gasteiger partial charge is 0.264 e. The van der Waals surface area contributed by atoms with Gasteiger partial charge in [0.2, 0.25) is 0 Å². The number of rotatable bonds is 4. The zero-order chi connectivity index (χ0) is 15.6. The lowest BCUT2D eigenvalue weighted by Crippen LogP contribution is -2.30. The van der Waals surface area contributed by atoms with Crippen molar-refractivity contribution in [1.29, 1.82) is 0 Å². The molecule has 0 saturated carbocycles. The maximum Gasteiger partial charge on any atom is 0.264 e. The molecule has 2 aromatic carbocycles. The first-order valence-corrected chi connectivity index (χ1v) is 7.67. The molecular formula is C14H15FN2O3S. The van der Waals surface area contributed by atoms with Gasteiger partial charge in [-0.15, -0.1) is 0 Å². The Hall–Kier alpha value is -2.28. The molecule has 0 aliphatic heterocycles. The van der Waals surface area contributed by atoms with E-state index in [9.17, 15) is 17.9 Å². The molecule has 0 spiro atoms. The highest BCUT2D eigenvalue weighted by Crippen LogP contribution is 2.27. The number of nitrogens with two attached hydrogens (primary N) is 1. The van der Waals surface area contributed by atoms with Gasteiger partial charge in [0.25, 0.3) is 10.0 Å². The molecule has 0 aliphatic rings. The summed E-state index contributed by atoms with van der Waals surface area (Å²) in [6.07, 6.45) is 0. The van der Waals surface area contributed by atoms with Gasteiger partial charge in [0.15, 0.2) is 0 Å². The van der Waals surface area contributed by atoms with Crippen LogP contribution < -0.4 is 10.0 Å². The van der Waals surface area contributed by atoms with Crippen LogP contribution in [0.1, 0.15) is 6.92 Å². The summed E-state index contributed by atoms with van der Waals surface area (Å²) in [6, 6.07) is 9.19. The normalized spacial score (nSPS) is 11.3. The highest BCUT2D eigenvalue weighted by Gasteiger charge is 2.24. The Morgan fingerprint density at radius 2 is 1.95 bits per heavy atom. The van der Waals surface area contributed by atoms with Crippen LogP contribution in [0.25, 0.3) is 0 Å². The van der Waals surface area contributed by atoms with Crippen molar-refractivity contribution < 1.29 is 17.9 Å². The van der Waals surface area contributed by atoms with Crippen LogP contribution in [0.2, 0.25) is 0 Å². The predicted octanol–water partition coefficient (Wildman–Crippen LogP) is 2.33. The van der Waals surface area contributed by atoms with Crippen LogP contribution in [0, 0.1) is 5.82 Å². The second-order valence-electron chi connectivity index (χ2n) is 4.37. The first kappa shape index (κ1) is 15.1. The minimum absolute atomic E-state index is 0.0513. The summed E-state index contributed by atoms with van der Waals surface area (Å²) in [5, 5.41) is 9.48. The molecule has 0 amide bonds. The zero-order valence-corrected chi connectivity index (χ0v) is 12.1. The second-order valence-corrected chi connectivity index (χ2v) is 6.24. The van der Waals surface area contributed by atoms with E-state index in [1.165, 1.54) is 30.3 Å². The molecule has 7 heteroatoms. The maximum atomic E-state index is 13.5. The van der Waals surface area contributed by atoms with Crippen LogP contribution in [-0.4, -0.2) is 20.1 Å². The topological polar surface area (TPSA) is 83.6 Å². The average molecular weight is 310 g/mol.